The summed E-state index contributed by atoms with van der Waals surface area (Å²) in [6.45, 7) is 3.23. The Morgan fingerprint density at radius 3 is 2.68 bits per heavy atom. The van der Waals surface area contributed by atoms with E-state index in [4.69, 9.17) is 5.10 Å². The van der Waals surface area contributed by atoms with Crippen LogP contribution in [0.1, 0.15) is 24.5 Å². The van der Waals surface area contributed by atoms with Crippen LogP contribution in [0.3, 0.4) is 0 Å². The molecule has 0 aliphatic heterocycles. The molecule has 0 saturated heterocycles. The highest BCUT2D eigenvalue weighted by Gasteiger charge is 2.11. The van der Waals surface area contributed by atoms with Crippen LogP contribution >= 0.6 is 0 Å². The topological polar surface area (TPSA) is 80.1 Å². The second-order valence-corrected chi connectivity index (χ2v) is 7.29. The number of nitrogens with zero attached hydrogens (tertiary/aromatic N) is 4. The number of aromatic nitrogens is 3. The lowest BCUT2D eigenvalue weighted by atomic mass is 10.1. The number of carbonyl (C=O) groups excluding carboxylic acids is 2. The second kappa shape index (κ2) is 10.9. The number of pyridine rings is 1. The second-order valence-electron chi connectivity index (χ2n) is 7.29. The van der Waals surface area contributed by atoms with E-state index in [0.717, 1.165) is 22.4 Å². The zero-order valence-electron chi connectivity index (χ0n) is 17.9. The van der Waals surface area contributed by atoms with E-state index in [9.17, 15) is 9.59 Å². The first-order valence-electron chi connectivity index (χ1n) is 10.2. The van der Waals surface area contributed by atoms with Gasteiger partial charge in [0.2, 0.25) is 11.8 Å². The maximum Gasteiger partial charge on any atom is 0.246 e. The minimum Gasteiger partial charge on any atom is -0.356 e. The molecule has 0 saturated carbocycles. The number of carbonyl (C=O) groups is 2. The molecule has 1 N–H and O–H groups in total. The van der Waals surface area contributed by atoms with Crippen molar-refractivity contribution in [1.29, 1.82) is 0 Å². The Kier molecular flexibility index (Phi) is 7.70. The number of likely N-dealkylation sites (N-methyl/N-ethyl adjacent to an activating group) is 1. The van der Waals surface area contributed by atoms with E-state index in [1.54, 1.807) is 36.5 Å². The standard InChI is InChI=1S/C24H27N5O2/c1-19(30)26-14-7-15-28(2)23(31)12-11-22-18-29(17-20-8-4-3-5-9-20)27-24(22)21-10-6-13-25-16-21/h3-6,8-13,16,18H,7,14-15,17H2,1-2H3,(H,26,30)/b12-11+. The van der Waals surface area contributed by atoms with Crippen LogP contribution in [0.4, 0.5) is 0 Å². The Morgan fingerprint density at radius 1 is 1.16 bits per heavy atom. The molecule has 0 spiro atoms. The number of benzene rings is 1. The minimum atomic E-state index is -0.101. The summed E-state index contributed by atoms with van der Waals surface area (Å²) in [6, 6.07) is 13.9. The largest absolute Gasteiger partial charge is 0.356 e. The van der Waals surface area contributed by atoms with Crippen molar-refractivity contribution in [3.8, 4) is 11.3 Å². The predicted octanol–water partition coefficient (Wildman–Crippen LogP) is 2.99. The molecule has 2 aromatic heterocycles. The smallest absolute Gasteiger partial charge is 0.246 e. The Labute approximate surface area is 182 Å². The summed E-state index contributed by atoms with van der Waals surface area (Å²) >= 11 is 0. The molecule has 160 valence electrons. The molecule has 7 nitrogen and oxygen atoms in total. The van der Waals surface area contributed by atoms with Crippen molar-refractivity contribution in [3.63, 3.8) is 0 Å². The van der Waals surface area contributed by atoms with Crippen molar-refractivity contribution in [1.82, 2.24) is 25.0 Å². The van der Waals surface area contributed by atoms with E-state index in [-0.39, 0.29) is 11.8 Å². The predicted molar refractivity (Wildman–Crippen MR) is 121 cm³/mol. The average molecular weight is 418 g/mol. The van der Waals surface area contributed by atoms with Gasteiger partial charge in [0.25, 0.3) is 0 Å². The molecule has 1 aromatic carbocycles. The molecule has 0 unspecified atom stereocenters. The molecule has 7 heteroatoms. The van der Waals surface area contributed by atoms with E-state index >= 15 is 0 Å². The lowest BCUT2D eigenvalue weighted by molar-refractivity contribution is -0.124. The van der Waals surface area contributed by atoms with Gasteiger partial charge in [-0.15, -0.1) is 0 Å². The van der Waals surface area contributed by atoms with Crippen molar-refractivity contribution in [2.24, 2.45) is 0 Å². The zero-order valence-corrected chi connectivity index (χ0v) is 17.9. The molecule has 0 radical (unpaired) electrons. The number of amides is 2. The van der Waals surface area contributed by atoms with Gasteiger partial charge in [-0.3, -0.25) is 19.3 Å². The molecule has 0 aliphatic carbocycles. The fourth-order valence-corrected chi connectivity index (χ4v) is 3.12. The Balaban J connectivity index is 1.74. The molecular formula is C24H27N5O2. The monoisotopic (exact) mass is 417 g/mol. The summed E-state index contributed by atoms with van der Waals surface area (Å²) in [5, 5.41) is 7.47. The van der Waals surface area contributed by atoms with Crippen LogP contribution in [0.25, 0.3) is 17.3 Å². The molecule has 3 rings (SSSR count). The average Bonchev–Trinajstić information content (AvgIpc) is 3.18. The van der Waals surface area contributed by atoms with Gasteiger partial charge in [-0.05, 0) is 30.2 Å². The van der Waals surface area contributed by atoms with E-state index in [2.05, 4.69) is 22.4 Å². The van der Waals surface area contributed by atoms with Gasteiger partial charge in [0.05, 0.1) is 6.54 Å². The lowest BCUT2D eigenvalue weighted by Gasteiger charge is -2.14. The molecule has 3 aromatic rings. The van der Waals surface area contributed by atoms with Crippen molar-refractivity contribution in [2.75, 3.05) is 20.1 Å². The summed E-state index contributed by atoms with van der Waals surface area (Å²) in [5.41, 5.74) is 3.67. The fourth-order valence-electron chi connectivity index (χ4n) is 3.12. The first-order valence-corrected chi connectivity index (χ1v) is 10.2. The van der Waals surface area contributed by atoms with Crippen LogP contribution in [-0.4, -0.2) is 51.6 Å². The third-order valence-corrected chi connectivity index (χ3v) is 4.74. The molecule has 0 fully saturated rings. The van der Waals surface area contributed by atoms with Crippen molar-refractivity contribution >= 4 is 17.9 Å². The maximum absolute atomic E-state index is 12.5. The van der Waals surface area contributed by atoms with E-state index < -0.39 is 0 Å². The van der Waals surface area contributed by atoms with Crippen molar-refractivity contribution < 1.29 is 9.59 Å². The van der Waals surface area contributed by atoms with E-state index in [1.165, 1.54) is 6.92 Å². The van der Waals surface area contributed by atoms with Gasteiger partial charge < -0.3 is 10.2 Å². The summed E-state index contributed by atoms with van der Waals surface area (Å²) in [5.74, 6) is -0.167. The van der Waals surface area contributed by atoms with Gasteiger partial charge in [0.15, 0.2) is 0 Å². The highest BCUT2D eigenvalue weighted by Crippen LogP contribution is 2.23. The molecule has 0 atom stereocenters. The summed E-state index contributed by atoms with van der Waals surface area (Å²) in [4.78, 5) is 29.3. The van der Waals surface area contributed by atoms with Crippen molar-refractivity contribution in [3.05, 3.63) is 78.3 Å². The normalized spacial score (nSPS) is 10.9. The van der Waals surface area contributed by atoms with E-state index in [0.29, 0.717) is 26.1 Å². The molecule has 2 heterocycles. The number of nitrogens with one attached hydrogen (secondary N) is 1. The number of hydrogen-bond donors (Lipinski definition) is 1. The maximum atomic E-state index is 12.5. The Hall–Kier alpha value is -3.74. The van der Waals surface area contributed by atoms with Gasteiger partial charge >= 0.3 is 0 Å². The molecule has 31 heavy (non-hydrogen) atoms. The van der Waals surface area contributed by atoms with Gasteiger partial charge in [0.1, 0.15) is 5.69 Å². The molecule has 0 bridgehead atoms. The quantitative estimate of drug-likeness (QED) is 0.429. The number of hydrogen-bond acceptors (Lipinski definition) is 4. The van der Waals surface area contributed by atoms with Gasteiger partial charge in [-0.2, -0.15) is 5.10 Å². The first kappa shape index (κ1) is 22.0. The SMILES string of the molecule is CC(=O)NCCCN(C)C(=O)/C=C/c1cn(Cc2ccccc2)nc1-c1cccnc1. The van der Waals surface area contributed by atoms with Crippen LogP contribution < -0.4 is 5.32 Å². The summed E-state index contributed by atoms with van der Waals surface area (Å²) in [6.07, 6.45) is 9.48. The zero-order chi connectivity index (χ0) is 22.1. The minimum absolute atomic E-state index is 0.0654. The van der Waals surface area contributed by atoms with Crippen LogP contribution in [0.5, 0.6) is 0 Å². The van der Waals surface area contributed by atoms with Gasteiger partial charge in [0, 0.05) is 62.9 Å². The summed E-state index contributed by atoms with van der Waals surface area (Å²) < 4.78 is 1.87. The number of rotatable bonds is 9. The van der Waals surface area contributed by atoms with Gasteiger partial charge in [-0.1, -0.05) is 30.3 Å². The fraction of sp³-hybridized carbons (Fsp3) is 0.250. The van der Waals surface area contributed by atoms with Crippen molar-refractivity contribution in [2.45, 2.75) is 19.9 Å². The third kappa shape index (κ3) is 6.64. The Bertz CT molecular complexity index is 1030. The lowest BCUT2D eigenvalue weighted by Crippen LogP contribution is -2.29. The third-order valence-electron chi connectivity index (χ3n) is 4.74. The molecule has 0 aliphatic rings. The van der Waals surface area contributed by atoms with E-state index in [1.807, 2.05) is 41.2 Å². The molecule has 2 amide bonds. The van der Waals surface area contributed by atoms with Gasteiger partial charge in [-0.25, -0.2) is 0 Å². The van der Waals surface area contributed by atoms with Crippen LogP contribution in [0.2, 0.25) is 0 Å². The summed E-state index contributed by atoms with van der Waals surface area (Å²) in [7, 11) is 1.75. The Morgan fingerprint density at radius 2 is 1.97 bits per heavy atom. The highest BCUT2D eigenvalue weighted by molar-refractivity contribution is 5.92. The first-order chi connectivity index (χ1) is 15.0. The van der Waals surface area contributed by atoms with Crippen LogP contribution in [0.15, 0.2) is 67.1 Å². The van der Waals surface area contributed by atoms with Crippen LogP contribution in [-0.2, 0) is 16.1 Å². The molecular weight excluding hydrogens is 390 g/mol. The highest BCUT2D eigenvalue weighted by atomic mass is 16.2. The van der Waals surface area contributed by atoms with Crippen LogP contribution in [0, 0.1) is 0 Å².